The number of benzene rings is 1. The second kappa shape index (κ2) is 6.60. The number of carbonyl (C=O) groups excluding carboxylic acids is 1. The summed E-state index contributed by atoms with van der Waals surface area (Å²) in [6.45, 7) is 2.71. The number of nitrogens with two attached hydrogens (primary N) is 1. The fourth-order valence-corrected chi connectivity index (χ4v) is 1.71. The van der Waals surface area contributed by atoms with E-state index in [0.717, 1.165) is 16.9 Å². The van der Waals surface area contributed by atoms with Gasteiger partial charge in [-0.05, 0) is 24.6 Å². The molecule has 1 aromatic carbocycles. The number of nitrogen functional groups attached to an aromatic ring is 1. The maximum Gasteiger partial charge on any atom is 0.223 e. The predicted octanol–water partition coefficient (Wildman–Crippen LogP) is 1.39. The third-order valence-corrected chi connectivity index (χ3v) is 2.81. The zero-order valence-electron chi connectivity index (χ0n) is 11.3. The highest BCUT2D eigenvalue weighted by Crippen LogP contribution is 2.12. The Morgan fingerprint density at radius 3 is 3.05 bits per heavy atom. The number of anilines is 1. The number of H-pyrrole nitrogens is 1. The number of amides is 1. The third kappa shape index (κ3) is 4.01. The molecule has 0 spiro atoms. The van der Waals surface area contributed by atoms with Crippen LogP contribution in [0.1, 0.15) is 17.5 Å². The van der Waals surface area contributed by atoms with Crippen molar-refractivity contribution in [1.29, 1.82) is 0 Å². The van der Waals surface area contributed by atoms with Crippen molar-refractivity contribution in [1.82, 2.24) is 15.5 Å². The quantitative estimate of drug-likeness (QED) is 0.742. The van der Waals surface area contributed by atoms with Crippen LogP contribution in [-0.4, -0.2) is 22.7 Å². The highest BCUT2D eigenvalue weighted by atomic mass is 16.5. The first kappa shape index (κ1) is 13.9. The summed E-state index contributed by atoms with van der Waals surface area (Å²) < 4.78 is 5.51. The zero-order valence-corrected chi connectivity index (χ0v) is 11.3. The van der Waals surface area contributed by atoms with Crippen LogP contribution in [0.25, 0.3) is 0 Å². The Balaban J connectivity index is 1.69. The van der Waals surface area contributed by atoms with Crippen LogP contribution < -0.4 is 15.8 Å². The first-order valence-electron chi connectivity index (χ1n) is 6.39. The summed E-state index contributed by atoms with van der Waals surface area (Å²) in [5, 5.41) is 9.16. The number of hydrogen-bond donors (Lipinski definition) is 3. The van der Waals surface area contributed by atoms with Crippen molar-refractivity contribution in [3.8, 4) is 5.75 Å². The number of rotatable bonds is 6. The SMILES string of the molecule is Cc1cccc(OCCC(=O)NCc2cn[nH]c2N)c1. The van der Waals surface area contributed by atoms with E-state index in [2.05, 4.69) is 15.5 Å². The Morgan fingerprint density at radius 2 is 2.35 bits per heavy atom. The van der Waals surface area contributed by atoms with Gasteiger partial charge < -0.3 is 15.8 Å². The van der Waals surface area contributed by atoms with Gasteiger partial charge in [-0.15, -0.1) is 0 Å². The molecule has 4 N–H and O–H groups in total. The normalized spacial score (nSPS) is 10.2. The van der Waals surface area contributed by atoms with E-state index < -0.39 is 0 Å². The van der Waals surface area contributed by atoms with Crippen molar-refractivity contribution in [2.75, 3.05) is 12.3 Å². The summed E-state index contributed by atoms with van der Waals surface area (Å²) in [6, 6.07) is 7.72. The maximum absolute atomic E-state index is 11.6. The molecule has 0 radical (unpaired) electrons. The Hall–Kier alpha value is -2.50. The van der Waals surface area contributed by atoms with Gasteiger partial charge >= 0.3 is 0 Å². The first-order chi connectivity index (χ1) is 9.65. The Morgan fingerprint density at radius 1 is 1.50 bits per heavy atom. The molecule has 2 aromatic rings. The number of hydrogen-bond acceptors (Lipinski definition) is 4. The molecule has 6 nitrogen and oxygen atoms in total. The molecule has 1 aromatic heterocycles. The fraction of sp³-hybridized carbons (Fsp3) is 0.286. The minimum Gasteiger partial charge on any atom is -0.493 e. The molecule has 0 saturated carbocycles. The number of aryl methyl sites for hydroxylation is 1. The van der Waals surface area contributed by atoms with Crippen LogP contribution >= 0.6 is 0 Å². The van der Waals surface area contributed by atoms with Crippen LogP contribution in [0.2, 0.25) is 0 Å². The van der Waals surface area contributed by atoms with Gasteiger partial charge in [0.25, 0.3) is 0 Å². The van der Waals surface area contributed by atoms with Gasteiger partial charge in [-0.1, -0.05) is 12.1 Å². The van der Waals surface area contributed by atoms with Crippen molar-refractivity contribution >= 4 is 11.7 Å². The number of nitrogens with zero attached hydrogens (tertiary/aromatic N) is 1. The lowest BCUT2D eigenvalue weighted by atomic mass is 10.2. The van der Waals surface area contributed by atoms with Gasteiger partial charge in [0.05, 0.1) is 19.2 Å². The Bertz CT molecular complexity index is 580. The smallest absolute Gasteiger partial charge is 0.223 e. The van der Waals surface area contributed by atoms with E-state index in [1.807, 2.05) is 31.2 Å². The van der Waals surface area contributed by atoms with Gasteiger partial charge in [0.15, 0.2) is 0 Å². The Labute approximate surface area is 117 Å². The van der Waals surface area contributed by atoms with Gasteiger partial charge in [0.1, 0.15) is 11.6 Å². The van der Waals surface area contributed by atoms with Crippen LogP contribution in [0.3, 0.4) is 0 Å². The summed E-state index contributed by atoms with van der Waals surface area (Å²) in [4.78, 5) is 11.6. The number of carbonyl (C=O) groups is 1. The summed E-state index contributed by atoms with van der Waals surface area (Å²) >= 11 is 0. The van der Waals surface area contributed by atoms with Crippen molar-refractivity contribution in [2.24, 2.45) is 0 Å². The first-order valence-corrected chi connectivity index (χ1v) is 6.39. The highest BCUT2D eigenvalue weighted by Gasteiger charge is 2.05. The second-order valence-corrected chi connectivity index (χ2v) is 4.50. The van der Waals surface area contributed by atoms with Crippen LogP contribution in [0.4, 0.5) is 5.82 Å². The summed E-state index contributed by atoms with van der Waals surface area (Å²) in [5.41, 5.74) is 7.53. The molecule has 0 aliphatic heterocycles. The molecule has 0 aliphatic rings. The van der Waals surface area contributed by atoms with Gasteiger partial charge in [-0.25, -0.2) is 0 Å². The number of aromatic amines is 1. The molecule has 1 amide bonds. The molecule has 2 rings (SSSR count). The molecule has 0 atom stereocenters. The van der Waals surface area contributed by atoms with Gasteiger partial charge in [0.2, 0.25) is 5.91 Å². The maximum atomic E-state index is 11.6. The average molecular weight is 274 g/mol. The highest BCUT2D eigenvalue weighted by molar-refractivity contribution is 5.76. The summed E-state index contributed by atoms with van der Waals surface area (Å²) in [6.07, 6.45) is 1.89. The standard InChI is InChI=1S/C14H18N4O2/c1-10-3-2-4-12(7-10)20-6-5-13(19)16-8-11-9-17-18-14(11)15/h2-4,7,9H,5-6,8H2,1H3,(H,16,19)(H3,15,17,18). The molecule has 1 heterocycles. The molecular weight excluding hydrogens is 256 g/mol. The lowest BCUT2D eigenvalue weighted by molar-refractivity contribution is -0.121. The molecule has 20 heavy (non-hydrogen) atoms. The number of ether oxygens (including phenoxy) is 1. The van der Waals surface area contributed by atoms with E-state index in [0.29, 0.717) is 25.4 Å². The molecule has 0 aliphatic carbocycles. The minimum atomic E-state index is -0.0850. The third-order valence-electron chi connectivity index (χ3n) is 2.81. The lowest BCUT2D eigenvalue weighted by Crippen LogP contribution is -2.24. The van der Waals surface area contributed by atoms with E-state index in [1.54, 1.807) is 6.20 Å². The van der Waals surface area contributed by atoms with Crippen LogP contribution in [0.15, 0.2) is 30.5 Å². The van der Waals surface area contributed by atoms with Gasteiger partial charge in [0, 0.05) is 12.1 Å². The van der Waals surface area contributed by atoms with Crippen LogP contribution in [-0.2, 0) is 11.3 Å². The molecule has 106 valence electrons. The monoisotopic (exact) mass is 274 g/mol. The average Bonchev–Trinajstić information content (AvgIpc) is 2.82. The molecule has 0 fully saturated rings. The molecule has 0 bridgehead atoms. The lowest BCUT2D eigenvalue weighted by Gasteiger charge is -2.07. The van der Waals surface area contributed by atoms with E-state index in [-0.39, 0.29) is 5.91 Å². The van der Waals surface area contributed by atoms with E-state index in [4.69, 9.17) is 10.5 Å². The molecule has 0 saturated heterocycles. The van der Waals surface area contributed by atoms with Crippen molar-refractivity contribution in [3.63, 3.8) is 0 Å². The Kier molecular flexibility index (Phi) is 4.60. The fourth-order valence-electron chi connectivity index (χ4n) is 1.71. The van der Waals surface area contributed by atoms with E-state index >= 15 is 0 Å². The van der Waals surface area contributed by atoms with Crippen LogP contribution in [0.5, 0.6) is 5.75 Å². The van der Waals surface area contributed by atoms with E-state index in [9.17, 15) is 4.79 Å². The minimum absolute atomic E-state index is 0.0850. The van der Waals surface area contributed by atoms with Crippen molar-refractivity contribution in [2.45, 2.75) is 19.9 Å². The second-order valence-electron chi connectivity index (χ2n) is 4.50. The summed E-state index contributed by atoms with van der Waals surface area (Å²) in [7, 11) is 0. The number of aromatic nitrogens is 2. The van der Waals surface area contributed by atoms with Crippen molar-refractivity contribution < 1.29 is 9.53 Å². The zero-order chi connectivity index (χ0) is 14.4. The van der Waals surface area contributed by atoms with Gasteiger partial charge in [-0.2, -0.15) is 5.10 Å². The predicted molar refractivity (Wildman–Crippen MR) is 76.1 cm³/mol. The largest absolute Gasteiger partial charge is 0.493 e. The summed E-state index contributed by atoms with van der Waals surface area (Å²) in [5.74, 6) is 1.16. The number of nitrogens with one attached hydrogen (secondary N) is 2. The topological polar surface area (TPSA) is 93.0 Å². The molecular formula is C14H18N4O2. The molecule has 6 heteroatoms. The van der Waals surface area contributed by atoms with Crippen LogP contribution in [0, 0.1) is 6.92 Å². The van der Waals surface area contributed by atoms with Gasteiger partial charge in [-0.3, -0.25) is 9.89 Å². The van der Waals surface area contributed by atoms with E-state index in [1.165, 1.54) is 0 Å². The van der Waals surface area contributed by atoms with Crippen molar-refractivity contribution in [3.05, 3.63) is 41.6 Å². The molecule has 0 unspecified atom stereocenters.